The topological polar surface area (TPSA) is 54.5 Å². The molecular formula is C26H27N3O2. The number of hydrogen-bond donors (Lipinski definition) is 1. The molecule has 1 saturated heterocycles. The van der Waals surface area contributed by atoms with Crippen LogP contribution in [0.15, 0.2) is 85.2 Å². The quantitative estimate of drug-likeness (QED) is 0.576. The summed E-state index contributed by atoms with van der Waals surface area (Å²) in [6.45, 7) is 2.80. The van der Waals surface area contributed by atoms with Gasteiger partial charge in [0.1, 0.15) is 11.5 Å². The molecule has 0 aliphatic carbocycles. The Bertz CT molecular complexity index is 980. The Morgan fingerprint density at radius 2 is 1.77 bits per heavy atom. The van der Waals surface area contributed by atoms with E-state index in [4.69, 9.17) is 4.74 Å². The molecule has 1 amide bonds. The molecule has 0 saturated carbocycles. The Kier molecular flexibility index (Phi) is 7.08. The number of amides is 1. The van der Waals surface area contributed by atoms with Gasteiger partial charge in [-0.1, -0.05) is 42.5 Å². The van der Waals surface area contributed by atoms with Gasteiger partial charge in [0.05, 0.1) is 6.20 Å². The first-order valence-electron chi connectivity index (χ1n) is 10.7. The monoisotopic (exact) mass is 413 g/mol. The van der Waals surface area contributed by atoms with Crippen LogP contribution >= 0.6 is 0 Å². The Morgan fingerprint density at radius 3 is 2.48 bits per heavy atom. The standard InChI is InChI=1S/C26H27N3O2/c30-26(28-23-10-12-24(13-11-23)31-25-9-4-16-27-20-25)22-14-18-29(19-15-22)17-5-8-21-6-2-1-3-7-21/h1-13,16,20,22H,14-15,17-19H2,(H,28,30). The van der Waals surface area contributed by atoms with Crippen LogP contribution in [0.5, 0.6) is 11.5 Å². The van der Waals surface area contributed by atoms with Gasteiger partial charge in [0, 0.05) is 24.3 Å². The summed E-state index contributed by atoms with van der Waals surface area (Å²) >= 11 is 0. The molecule has 31 heavy (non-hydrogen) atoms. The SMILES string of the molecule is O=C(Nc1ccc(Oc2cccnc2)cc1)C1CCN(CC=Cc2ccccc2)CC1. The smallest absolute Gasteiger partial charge is 0.227 e. The fourth-order valence-corrected chi connectivity index (χ4v) is 3.67. The van der Waals surface area contributed by atoms with E-state index < -0.39 is 0 Å². The van der Waals surface area contributed by atoms with Crippen LogP contribution in [0.2, 0.25) is 0 Å². The molecule has 5 heteroatoms. The number of carbonyl (C=O) groups excluding carboxylic acids is 1. The van der Waals surface area contributed by atoms with Crippen molar-refractivity contribution in [1.29, 1.82) is 0 Å². The first-order chi connectivity index (χ1) is 15.3. The van der Waals surface area contributed by atoms with Gasteiger partial charge in [-0.25, -0.2) is 0 Å². The molecule has 2 aromatic carbocycles. The first-order valence-corrected chi connectivity index (χ1v) is 10.7. The predicted molar refractivity (Wildman–Crippen MR) is 124 cm³/mol. The number of rotatable bonds is 7. The van der Waals surface area contributed by atoms with Crippen molar-refractivity contribution in [1.82, 2.24) is 9.88 Å². The van der Waals surface area contributed by atoms with E-state index in [1.54, 1.807) is 12.4 Å². The molecule has 0 atom stereocenters. The van der Waals surface area contributed by atoms with E-state index in [2.05, 4.69) is 39.5 Å². The summed E-state index contributed by atoms with van der Waals surface area (Å²) < 4.78 is 5.74. The number of benzene rings is 2. The van der Waals surface area contributed by atoms with Crippen molar-refractivity contribution in [2.75, 3.05) is 25.0 Å². The summed E-state index contributed by atoms with van der Waals surface area (Å²) in [5.41, 5.74) is 2.00. The van der Waals surface area contributed by atoms with Crippen molar-refractivity contribution in [2.45, 2.75) is 12.8 Å². The Hall–Kier alpha value is -3.44. The van der Waals surface area contributed by atoms with Gasteiger partial charge < -0.3 is 10.1 Å². The Morgan fingerprint density at radius 1 is 1.00 bits per heavy atom. The van der Waals surface area contributed by atoms with Crippen LogP contribution in [-0.4, -0.2) is 35.4 Å². The highest BCUT2D eigenvalue weighted by Crippen LogP contribution is 2.24. The van der Waals surface area contributed by atoms with Crippen LogP contribution in [-0.2, 0) is 4.79 Å². The summed E-state index contributed by atoms with van der Waals surface area (Å²) in [6.07, 6.45) is 9.49. The van der Waals surface area contributed by atoms with Crippen LogP contribution in [0.1, 0.15) is 18.4 Å². The van der Waals surface area contributed by atoms with E-state index in [0.717, 1.165) is 38.2 Å². The molecule has 158 valence electrons. The van der Waals surface area contributed by atoms with Crippen molar-refractivity contribution < 1.29 is 9.53 Å². The number of ether oxygens (including phenoxy) is 1. The average molecular weight is 414 g/mol. The van der Waals surface area contributed by atoms with Crippen LogP contribution in [0.25, 0.3) is 6.08 Å². The molecule has 1 aromatic heterocycles. The molecule has 2 heterocycles. The molecule has 1 aliphatic heterocycles. The fraction of sp³-hybridized carbons (Fsp3) is 0.231. The average Bonchev–Trinajstić information content (AvgIpc) is 2.82. The molecular weight excluding hydrogens is 386 g/mol. The van der Waals surface area contributed by atoms with Crippen LogP contribution < -0.4 is 10.1 Å². The van der Waals surface area contributed by atoms with Crippen LogP contribution in [0.4, 0.5) is 5.69 Å². The minimum Gasteiger partial charge on any atom is -0.456 e. The third kappa shape index (κ3) is 6.27. The number of nitrogens with zero attached hydrogens (tertiary/aromatic N) is 2. The van der Waals surface area contributed by atoms with Crippen molar-refractivity contribution in [3.63, 3.8) is 0 Å². The van der Waals surface area contributed by atoms with E-state index >= 15 is 0 Å². The van der Waals surface area contributed by atoms with Crippen LogP contribution in [0, 0.1) is 5.92 Å². The van der Waals surface area contributed by atoms with E-state index in [-0.39, 0.29) is 11.8 Å². The highest BCUT2D eigenvalue weighted by atomic mass is 16.5. The zero-order valence-corrected chi connectivity index (χ0v) is 17.5. The van der Waals surface area contributed by atoms with Crippen LogP contribution in [0.3, 0.4) is 0 Å². The number of anilines is 1. The van der Waals surface area contributed by atoms with Gasteiger partial charge in [0.2, 0.25) is 5.91 Å². The zero-order valence-electron chi connectivity index (χ0n) is 17.5. The maximum atomic E-state index is 12.7. The van der Waals surface area contributed by atoms with Gasteiger partial charge in [-0.05, 0) is 67.9 Å². The molecule has 0 bridgehead atoms. The van der Waals surface area contributed by atoms with Gasteiger partial charge in [0.15, 0.2) is 0 Å². The summed E-state index contributed by atoms with van der Waals surface area (Å²) in [6, 6.07) is 21.4. The van der Waals surface area contributed by atoms with Crippen molar-refractivity contribution in [3.05, 3.63) is 90.8 Å². The van der Waals surface area contributed by atoms with Gasteiger partial charge >= 0.3 is 0 Å². The number of nitrogens with one attached hydrogen (secondary N) is 1. The van der Waals surface area contributed by atoms with E-state index in [9.17, 15) is 4.79 Å². The van der Waals surface area contributed by atoms with E-state index in [0.29, 0.717) is 11.5 Å². The zero-order chi connectivity index (χ0) is 21.3. The normalized spacial score (nSPS) is 15.1. The largest absolute Gasteiger partial charge is 0.456 e. The molecule has 1 fully saturated rings. The second-order valence-corrected chi connectivity index (χ2v) is 7.69. The number of pyridine rings is 1. The van der Waals surface area contributed by atoms with Gasteiger partial charge in [-0.2, -0.15) is 0 Å². The van der Waals surface area contributed by atoms with E-state index in [1.807, 2.05) is 54.6 Å². The Labute approximate surface area is 183 Å². The minimum absolute atomic E-state index is 0.0562. The molecule has 5 nitrogen and oxygen atoms in total. The summed E-state index contributed by atoms with van der Waals surface area (Å²) in [7, 11) is 0. The molecule has 4 rings (SSSR count). The minimum atomic E-state index is 0.0562. The van der Waals surface area contributed by atoms with Gasteiger partial charge in [-0.3, -0.25) is 14.7 Å². The summed E-state index contributed by atoms with van der Waals surface area (Å²) in [4.78, 5) is 19.1. The third-order valence-corrected chi connectivity index (χ3v) is 5.42. The maximum Gasteiger partial charge on any atom is 0.227 e. The number of aromatic nitrogens is 1. The molecule has 1 N–H and O–H groups in total. The fourth-order valence-electron chi connectivity index (χ4n) is 3.67. The van der Waals surface area contributed by atoms with Crippen molar-refractivity contribution >= 4 is 17.7 Å². The van der Waals surface area contributed by atoms with Crippen molar-refractivity contribution in [2.24, 2.45) is 5.92 Å². The molecule has 0 unspecified atom stereocenters. The highest BCUT2D eigenvalue weighted by molar-refractivity contribution is 5.92. The first kappa shape index (κ1) is 20.8. The molecule has 0 spiro atoms. The van der Waals surface area contributed by atoms with Gasteiger partial charge in [0.25, 0.3) is 0 Å². The van der Waals surface area contributed by atoms with E-state index in [1.165, 1.54) is 5.56 Å². The molecule has 3 aromatic rings. The second kappa shape index (κ2) is 10.5. The lowest BCUT2D eigenvalue weighted by Crippen LogP contribution is -2.38. The molecule has 0 radical (unpaired) electrons. The Balaban J connectivity index is 1.21. The summed E-state index contributed by atoms with van der Waals surface area (Å²) in [5.74, 6) is 1.55. The molecule has 1 aliphatic rings. The van der Waals surface area contributed by atoms with Crippen molar-refractivity contribution in [3.8, 4) is 11.5 Å². The lowest BCUT2D eigenvalue weighted by atomic mass is 9.96. The highest BCUT2D eigenvalue weighted by Gasteiger charge is 2.24. The summed E-state index contributed by atoms with van der Waals surface area (Å²) in [5, 5.41) is 3.04. The maximum absolute atomic E-state index is 12.7. The number of piperidine rings is 1. The third-order valence-electron chi connectivity index (χ3n) is 5.42. The lowest BCUT2D eigenvalue weighted by Gasteiger charge is -2.30. The lowest BCUT2D eigenvalue weighted by molar-refractivity contribution is -0.121. The number of carbonyl (C=O) groups is 1. The number of hydrogen-bond acceptors (Lipinski definition) is 4. The number of likely N-dealkylation sites (tertiary alicyclic amines) is 1. The predicted octanol–water partition coefficient (Wildman–Crippen LogP) is 5.24. The second-order valence-electron chi connectivity index (χ2n) is 7.69. The van der Waals surface area contributed by atoms with Gasteiger partial charge in [-0.15, -0.1) is 0 Å².